The summed E-state index contributed by atoms with van der Waals surface area (Å²) in [4.78, 5) is 40.4. The lowest BCUT2D eigenvalue weighted by Crippen LogP contribution is -2.30. The Hall–Kier alpha value is -3.26. The summed E-state index contributed by atoms with van der Waals surface area (Å²) in [7, 11) is 0. The van der Waals surface area contributed by atoms with Crippen LogP contribution in [0.25, 0.3) is 0 Å². The Morgan fingerprint density at radius 3 is 2.23 bits per heavy atom. The molecule has 2 heterocycles. The molecule has 0 saturated carbocycles. The van der Waals surface area contributed by atoms with Crippen molar-refractivity contribution in [2.75, 3.05) is 4.90 Å². The zero-order chi connectivity index (χ0) is 22.3. The van der Waals surface area contributed by atoms with Gasteiger partial charge in [0.1, 0.15) is 17.2 Å². The molecule has 158 valence electrons. The largest absolute Gasteiger partial charge is 0.297 e. The van der Waals surface area contributed by atoms with Gasteiger partial charge in [0.05, 0.1) is 6.04 Å². The molecule has 1 fully saturated rings. The molecule has 0 aliphatic carbocycles. The summed E-state index contributed by atoms with van der Waals surface area (Å²) >= 11 is 1.11. The van der Waals surface area contributed by atoms with Crippen LogP contribution in [0, 0.1) is 11.7 Å². The number of aromatic nitrogens is 2. The summed E-state index contributed by atoms with van der Waals surface area (Å²) in [5, 5.41) is 7.98. The molecule has 2 aromatic carbocycles. The molecule has 0 N–H and O–H groups in total. The lowest BCUT2D eigenvalue weighted by Gasteiger charge is -2.26. The summed E-state index contributed by atoms with van der Waals surface area (Å²) < 4.78 is 13.3. The number of carbonyl (C=O) groups is 3. The molecule has 1 amide bonds. The van der Waals surface area contributed by atoms with Crippen LogP contribution in [0.15, 0.2) is 54.0 Å². The van der Waals surface area contributed by atoms with Crippen LogP contribution in [-0.2, 0) is 15.0 Å². The average Bonchev–Trinajstić information content (AvgIpc) is 3.34. The van der Waals surface area contributed by atoms with Crippen LogP contribution in [0.3, 0.4) is 0 Å². The number of rotatable bonds is 4. The van der Waals surface area contributed by atoms with Crippen LogP contribution in [0.2, 0.25) is 0 Å². The highest BCUT2D eigenvalue weighted by Crippen LogP contribution is 2.42. The maximum absolute atomic E-state index is 13.3. The number of benzene rings is 2. The van der Waals surface area contributed by atoms with Gasteiger partial charge in [-0.2, -0.15) is 0 Å². The standard InChI is InChI=1S/C23H20FN3O3S/c1-23(2,3)15-8-4-13(5-9-15)18-17(19(28)14-6-10-16(24)11-7-14)20(29)21(30)27(18)22-26-25-12-31-22/h4-12,17-18H,1-3H3. The van der Waals surface area contributed by atoms with Crippen molar-refractivity contribution in [3.8, 4) is 0 Å². The van der Waals surface area contributed by atoms with Gasteiger partial charge in [-0.1, -0.05) is 56.4 Å². The Labute approximate surface area is 182 Å². The zero-order valence-electron chi connectivity index (χ0n) is 17.2. The molecule has 2 unspecified atom stereocenters. The van der Waals surface area contributed by atoms with Crippen LogP contribution in [0.1, 0.15) is 48.3 Å². The van der Waals surface area contributed by atoms with Crippen molar-refractivity contribution in [2.24, 2.45) is 5.92 Å². The van der Waals surface area contributed by atoms with Crippen LogP contribution >= 0.6 is 11.3 Å². The van der Waals surface area contributed by atoms with Gasteiger partial charge in [-0.3, -0.25) is 19.3 Å². The number of halogens is 1. The van der Waals surface area contributed by atoms with E-state index in [-0.39, 0.29) is 16.1 Å². The first-order chi connectivity index (χ1) is 14.7. The van der Waals surface area contributed by atoms with Gasteiger partial charge in [-0.15, -0.1) is 10.2 Å². The maximum atomic E-state index is 13.3. The van der Waals surface area contributed by atoms with Gasteiger partial charge >= 0.3 is 0 Å². The molecule has 6 nitrogen and oxygen atoms in total. The van der Waals surface area contributed by atoms with E-state index in [1.54, 1.807) is 0 Å². The predicted octanol–water partition coefficient (Wildman–Crippen LogP) is 4.13. The van der Waals surface area contributed by atoms with E-state index in [2.05, 4.69) is 31.0 Å². The lowest BCUT2D eigenvalue weighted by molar-refractivity contribution is -0.135. The molecule has 0 radical (unpaired) electrons. The normalized spacial score (nSPS) is 19.2. The molecule has 8 heteroatoms. The molecule has 1 aliphatic heterocycles. The van der Waals surface area contributed by atoms with Gasteiger partial charge < -0.3 is 0 Å². The molecule has 3 aromatic rings. The quantitative estimate of drug-likeness (QED) is 0.348. The summed E-state index contributed by atoms with van der Waals surface area (Å²) in [5.41, 5.74) is 3.27. The van der Waals surface area contributed by atoms with Crippen molar-refractivity contribution in [1.29, 1.82) is 0 Å². The van der Waals surface area contributed by atoms with Gasteiger partial charge in [0, 0.05) is 5.56 Å². The minimum Gasteiger partial charge on any atom is -0.293 e. The van der Waals surface area contributed by atoms with Crippen LogP contribution in [0.4, 0.5) is 9.52 Å². The number of Topliss-reactive ketones (excluding diaryl/α,β-unsaturated/α-hetero) is 2. The Balaban J connectivity index is 1.82. The van der Waals surface area contributed by atoms with Crippen LogP contribution in [0.5, 0.6) is 0 Å². The molecule has 1 aromatic heterocycles. The molecule has 31 heavy (non-hydrogen) atoms. The predicted molar refractivity (Wildman–Crippen MR) is 115 cm³/mol. The topological polar surface area (TPSA) is 80.2 Å². The minimum absolute atomic E-state index is 0.0813. The number of anilines is 1. The number of ketones is 2. The fourth-order valence-electron chi connectivity index (χ4n) is 3.73. The first kappa shape index (κ1) is 21.0. The summed E-state index contributed by atoms with van der Waals surface area (Å²) in [6.45, 7) is 6.25. The fourth-order valence-corrected chi connectivity index (χ4v) is 4.32. The SMILES string of the molecule is CC(C)(C)c1ccc(C2C(C(=O)c3ccc(F)cc3)C(=O)C(=O)N2c2nncs2)cc1. The number of carbonyl (C=O) groups excluding carboxylic acids is 3. The lowest BCUT2D eigenvalue weighted by atomic mass is 9.83. The molecular formula is C23H20FN3O3S. The molecule has 1 aliphatic rings. The van der Waals surface area contributed by atoms with Crippen molar-refractivity contribution in [2.45, 2.75) is 32.2 Å². The molecule has 0 bridgehead atoms. The number of amides is 1. The van der Waals surface area contributed by atoms with Gasteiger partial charge in [0.15, 0.2) is 5.78 Å². The molecule has 0 spiro atoms. The molecule has 4 rings (SSSR count). The van der Waals surface area contributed by atoms with Crippen molar-refractivity contribution in [1.82, 2.24) is 10.2 Å². The number of nitrogens with zero attached hydrogens (tertiary/aromatic N) is 3. The highest BCUT2D eigenvalue weighted by Gasteiger charge is 2.53. The van der Waals surface area contributed by atoms with Crippen LogP contribution < -0.4 is 4.90 Å². The van der Waals surface area contributed by atoms with E-state index in [1.165, 1.54) is 22.5 Å². The fraction of sp³-hybridized carbons (Fsp3) is 0.261. The van der Waals surface area contributed by atoms with E-state index in [1.807, 2.05) is 24.3 Å². The number of hydrogen-bond donors (Lipinski definition) is 0. The highest BCUT2D eigenvalue weighted by atomic mass is 32.1. The first-order valence-electron chi connectivity index (χ1n) is 9.72. The maximum Gasteiger partial charge on any atom is 0.297 e. The Morgan fingerprint density at radius 2 is 1.68 bits per heavy atom. The van der Waals surface area contributed by atoms with Crippen molar-refractivity contribution < 1.29 is 18.8 Å². The molecular weight excluding hydrogens is 417 g/mol. The third-order valence-corrected chi connectivity index (χ3v) is 6.08. The van der Waals surface area contributed by atoms with E-state index in [0.29, 0.717) is 5.56 Å². The second-order valence-corrected chi connectivity index (χ2v) is 9.24. The van der Waals surface area contributed by atoms with E-state index in [0.717, 1.165) is 29.0 Å². The van der Waals surface area contributed by atoms with Gasteiger partial charge in [-0.25, -0.2) is 4.39 Å². The third kappa shape index (κ3) is 3.79. The second-order valence-electron chi connectivity index (χ2n) is 8.43. The van der Waals surface area contributed by atoms with Crippen LogP contribution in [-0.4, -0.2) is 27.7 Å². The minimum atomic E-state index is -1.26. The number of hydrogen-bond acceptors (Lipinski definition) is 6. The van der Waals surface area contributed by atoms with Crippen molar-refractivity contribution in [3.05, 3.63) is 76.5 Å². The van der Waals surface area contributed by atoms with E-state index in [4.69, 9.17) is 0 Å². The zero-order valence-corrected chi connectivity index (χ0v) is 18.0. The van der Waals surface area contributed by atoms with E-state index < -0.39 is 35.3 Å². The summed E-state index contributed by atoms with van der Waals surface area (Å²) in [6.07, 6.45) is 0. The Bertz CT molecular complexity index is 1140. The third-order valence-electron chi connectivity index (χ3n) is 5.39. The average molecular weight is 437 g/mol. The second kappa shape index (κ2) is 7.77. The molecule has 1 saturated heterocycles. The summed E-state index contributed by atoms with van der Waals surface area (Å²) in [6, 6.07) is 11.6. The van der Waals surface area contributed by atoms with Crippen molar-refractivity contribution >= 4 is 33.9 Å². The molecule has 2 atom stereocenters. The Kier molecular flexibility index (Phi) is 5.26. The van der Waals surface area contributed by atoms with Gasteiger partial charge in [0.2, 0.25) is 10.9 Å². The first-order valence-corrected chi connectivity index (χ1v) is 10.6. The smallest absolute Gasteiger partial charge is 0.293 e. The Morgan fingerprint density at radius 1 is 1.03 bits per heavy atom. The van der Waals surface area contributed by atoms with E-state index >= 15 is 0 Å². The van der Waals surface area contributed by atoms with Crippen molar-refractivity contribution in [3.63, 3.8) is 0 Å². The monoisotopic (exact) mass is 437 g/mol. The van der Waals surface area contributed by atoms with Gasteiger partial charge in [0.25, 0.3) is 5.91 Å². The van der Waals surface area contributed by atoms with E-state index in [9.17, 15) is 18.8 Å². The van der Waals surface area contributed by atoms with Gasteiger partial charge in [-0.05, 0) is 40.8 Å². The highest BCUT2D eigenvalue weighted by molar-refractivity contribution is 7.13. The summed E-state index contributed by atoms with van der Waals surface area (Å²) in [5.74, 6) is -3.90.